The first-order valence-corrected chi connectivity index (χ1v) is 6.34. The summed E-state index contributed by atoms with van der Waals surface area (Å²) in [4.78, 5) is 24.1. The zero-order chi connectivity index (χ0) is 14.3. The summed E-state index contributed by atoms with van der Waals surface area (Å²) in [5, 5.41) is 6.01. The lowest BCUT2D eigenvalue weighted by Gasteiger charge is -2.14. The monoisotopic (exact) mass is 263 g/mol. The first-order chi connectivity index (χ1) is 9.02. The van der Waals surface area contributed by atoms with Crippen LogP contribution in [0.15, 0.2) is 24.3 Å². The largest absolute Gasteiger partial charge is 0.337 e. The van der Waals surface area contributed by atoms with Crippen LogP contribution in [0.4, 0.5) is 5.69 Å². The van der Waals surface area contributed by atoms with Gasteiger partial charge >= 0.3 is 0 Å². The molecule has 0 atom stereocenters. The Morgan fingerprint density at radius 1 is 1.32 bits per heavy atom. The van der Waals surface area contributed by atoms with Crippen LogP contribution in [0, 0.1) is 0 Å². The van der Waals surface area contributed by atoms with Gasteiger partial charge < -0.3 is 15.5 Å². The molecule has 0 spiro atoms. The first-order valence-electron chi connectivity index (χ1n) is 6.34. The molecule has 0 fully saturated rings. The number of likely N-dealkylation sites (N-methyl/N-ethyl adjacent to an activating group) is 1. The lowest BCUT2D eigenvalue weighted by atomic mass is 10.2. The maximum atomic E-state index is 11.7. The van der Waals surface area contributed by atoms with E-state index in [2.05, 4.69) is 10.6 Å². The number of benzene rings is 1. The Morgan fingerprint density at radius 2 is 2.05 bits per heavy atom. The summed E-state index contributed by atoms with van der Waals surface area (Å²) in [6, 6.07) is 7.66. The van der Waals surface area contributed by atoms with Crippen molar-refractivity contribution in [3.05, 3.63) is 29.8 Å². The maximum Gasteiger partial charge on any atom is 0.243 e. The molecular formula is C14H21N3O2. The van der Waals surface area contributed by atoms with Crippen LogP contribution in [0.3, 0.4) is 0 Å². The Balaban J connectivity index is 2.56. The summed E-state index contributed by atoms with van der Waals surface area (Å²) < 4.78 is 0. The average Bonchev–Trinajstić information content (AvgIpc) is 2.36. The zero-order valence-corrected chi connectivity index (χ0v) is 11.7. The Hall–Kier alpha value is -1.88. The molecule has 5 nitrogen and oxygen atoms in total. The van der Waals surface area contributed by atoms with E-state index in [-0.39, 0.29) is 18.4 Å². The zero-order valence-electron chi connectivity index (χ0n) is 11.7. The molecule has 0 saturated carbocycles. The van der Waals surface area contributed by atoms with Crippen molar-refractivity contribution in [2.75, 3.05) is 25.5 Å². The van der Waals surface area contributed by atoms with Gasteiger partial charge in [-0.25, -0.2) is 0 Å². The molecule has 1 aromatic carbocycles. The Labute approximate surface area is 114 Å². The van der Waals surface area contributed by atoms with Gasteiger partial charge in [0.05, 0.1) is 6.54 Å². The van der Waals surface area contributed by atoms with Crippen LogP contribution in [0.25, 0.3) is 0 Å². The number of nitrogens with one attached hydrogen (secondary N) is 2. The van der Waals surface area contributed by atoms with E-state index in [1.54, 1.807) is 7.05 Å². The first kappa shape index (κ1) is 15.2. The van der Waals surface area contributed by atoms with E-state index in [0.717, 1.165) is 24.3 Å². The molecule has 0 aliphatic heterocycles. The minimum Gasteiger partial charge on any atom is -0.337 e. The highest BCUT2D eigenvalue weighted by atomic mass is 16.2. The second-order valence-electron chi connectivity index (χ2n) is 4.40. The highest BCUT2D eigenvalue weighted by Crippen LogP contribution is 2.10. The number of rotatable bonds is 6. The van der Waals surface area contributed by atoms with Crippen molar-refractivity contribution in [1.29, 1.82) is 0 Å². The van der Waals surface area contributed by atoms with Gasteiger partial charge in [0, 0.05) is 26.2 Å². The molecule has 19 heavy (non-hydrogen) atoms. The van der Waals surface area contributed by atoms with E-state index < -0.39 is 0 Å². The molecular weight excluding hydrogens is 242 g/mol. The summed E-state index contributed by atoms with van der Waals surface area (Å²) in [6.07, 6.45) is 0. The molecule has 0 heterocycles. The molecule has 1 rings (SSSR count). The standard InChI is InChI=1S/C14H21N3O2/c1-4-15-9-12-6-5-7-13(8-12)16-14(19)10-17(3)11(2)18/h5-8,15H,4,9-10H2,1-3H3,(H,16,19). The molecule has 2 N–H and O–H groups in total. The molecule has 104 valence electrons. The fourth-order valence-electron chi connectivity index (χ4n) is 1.56. The van der Waals surface area contributed by atoms with Gasteiger partial charge in [-0.2, -0.15) is 0 Å². The predicted molar refractivity (Wildman–Crippen MR) is 75.8 cm³/mol. The second kappa shape index (κ2) is 7.53. The third-order valence-corrected chi connectivity index (χ3v) is 2.71. The van der Waals surface area contributed by atoms with Crippen LogP contribution >= 0.6 is 0 Å². The van der Waals surface area contributed by atoms with Crippen molar-refractivity contribution in [3.63, 3.8) is 0 Å². The number of carbonyl (C=O) groups is 2. The number of carbonyl (C=O) groups excluding carboxylic acids is 2. The highest BCUT2D eigenvalue weighted by Gasteiger charge is 2.09. The fraction of sp³-hybridized carbons (Fsp3) is 0.429. The molecule has 0 saturated heterocycles. The summed E-state index contributed by atoms with van der Waals surface area (Å²) in [5.74, 6) is -0.325. The fourth-order valence-corrected chi connectivity index (χ4v) is 1.56. The molecule has 0 unspecified atom stereocenters. The van der Waals surface area contributed by atoms with Crippen LogP contribution in [0.5, 0.6) is 0 Å². The minimum atomic E-state index is -0.196. The number of hydrogen-bond acceptors (Lipinski definition) is 3. The van der Waals surface area contributed by atoms with Crippen LogP contribution in [0.1, 0.15) is 19.4 Å². The predicted octanol–water partition coefficient (Wildman–Crippen LogP) is 1.21. The van der Waals surface area contributed by atoms with Crippen molar-refractivity contribution in [2.45, 2.75) is 20.4 Å². The third kappa shape index (κ3) is 5.52. The number of anilines is 1. The van der Waals surface area contributed by atoms with E-state index in [1.807, 2.05) is 31.2 Å². The van der Waals surface area contributed by atoms with Gasteiger partial charge in [0.25, 0.3) is 0 Å². The lowest BCUT2D eigenvalue weighted by Crippen LogP contribution is -2.33. The lowest BCUT2D eigenvalue weighted by molar-refractivity contribution is -0.131. The molecule has 0 aliphatic rings. The Morgan fingerprint density at radius 3 is 2.68 bits per heavy atom. The smallest absolute Gasteiger partial charge is 0.243 e. The summed E-state index contributed by atoms with van der Waals surface area (Å²) >= 11 is 0. The van der Waals surface area contributed by atoms with E-state index >= 15 is 0 Å². The summed E-state index contributed by atoms with van der Waals surface area (Å²) in [5.41, 5.74) is 1.86. The van der Waals surface area contributed by atoms with Gasteiger partial charge in [-0.05, 0) is 24.2 Å². The van der Waals surface area contributed by atoms with Gasteiger partial charge in [-0.15, -0.1) is 0 Å². The van der Waals surface area contributed by atoms with Gasteiger partial charge in [0.2, 0.25) is 11.8 Å². The normalized spacial score (nSPS) is 10.1. The van der Waals surface area contributed by atoms with Gasteiger partial charge in [0.1, 0.15) is 0 Å². The molecule has 5 heteroatoms. The summed E-state index contributed by atoms with van der Waals surface area (Å²) in [6.45, 7) is 5.22. The van der Waals surface area contributed by atoms with Crippen LogP contribution in [-0.2, 0) is 16.1 Å². The minimum absolute atomic E-state index is 0.0623. The van der Waals surface area contributed by atoms with Crippen molar-refractivity contribution >= 4 is 17.5 Å². The maximum absolute atomic E-state index is 11.7. The van der Waals surface area contributed by atoms with E-state index in [9.17, 15) is 9.59 Å². The van der Waals surface area contributed by atoms with Crippen LogP contribution in [-0.4, -0.2) is 36.9 Å². The van der Waals surface area contributed by atoms with Crippen molar-refractivity contribution in [2.24, 2.45) is 0 Å². The topological polar surface area (TPSA) is 61.4 Å². The average molecular weight is 263 g/mol. The molecule has 0 radical (unpaired) electrons. The molecule has 0 aliphatic carbocycles. The Kier molecular flexibility index (Phi) is 6.02. The van der Waals surface area contributed by atoms with Crippen molar-refractivity contribution in [1.82, 2.24) is 10.2 Å². The van der Waals surface area contributed by atoms with Crippen molar-refractivity contribution < 1.29 is 9.59 Å². The molecule has 0 bridgehead atoms. The van der Waals surface area contributed by atoms with E-state index in [0.29, 0.717) is 0 Å². The van der Waals surface area contributed by atoms with E-state index in [4.69, 9.17) is 0 Å². The molecule has 2 amide bonds. The van der Waals surface area contributed by atoms with Crippen molar-refractivity contribution in [3.8, 4) is 0 Å². The number of nitrogens with zero attached hydrogens (tertiary/aromatic N) is 1. The summed E-state index contributed by atoms with van der Waals surface area (Å²) in [7, 11) is 1.60. The van der Waals surface area contributed by atoms with E-state index in [1.165, 1.54) is 11.8 Å². The van der Waals surface area contributed by atoms with Gasteiger partial charge in [-0.3, -0.25) is 9.59 Å². The van der Waals surface area contributed by atoms with Gasteiger partial charge in [-0.1, -0.05) is 19.1 Å². The SMILES string of the molecule is CCNCc1cccc(NC(=O)CN(C)C(C)=O)c1. The molecule has 1 aromatic rings. The quantitative estimate of drug-likeness (QED) is 0.811. The second-order valence-corrected chi connectivity index (χ2v) is 4.40. The third-order valence-electron chi connectivity index (χ3n) is 2.71. The highest BCUT2D eigenvalue weighted by molar-refractivity contribution is 5.94. The van der Waals surface area contributed by atoms with Crippen LogP contribution < -0.4 is 10.6 Å². The van der Waals surface area contributed by atoms with Crippen LogP contribution in [0.2, 0.25) is 0 Å². The number of amides is 2. The number of hydrogen-bond donors (Lipinski definition) is 2. The Bertz CT molecular complexity index is 446. The van der Waals surface area contributed by atoms with Gasteiger partial charge in [0.15, 0.2) is 0 Å². The molecule has 0 aromatic heterocycles.